The summed E-state index contributed by atoms with van der Waals surface area (Å²) in [7, 11) is -3.46. The van der Waals surface area contributed by atoms with Crippen molar-refractivity contribution >= 4 is 15.7 Å². The lowest BCUT2D eigenvalue weighted by atomic mass is 10.3. The van der Waals surface area contributed by atoms with Crippen LogP contribution in [-0.2, 0) is 10.0 Å². The molecule has 0 amide bonds. The van der Waals surface area contributed by atoms with Crippen molar-refractivity contribution in [3.05, 3.63) is 34.7 Å². The Morgan fingerprint density at radius 1 is 1.16 bits per heavy atom. The first kappa shape index (κ1) is 15.5. The number of hydrogen-bond acceptors (Lipinski definition) is 3. The molecule has 0 saturated carbocycles. The highest BCUT2D eigenvalue weighted by Gasteiger charge is 2.22. The maximum Gasteiger partial charge on any atom is 0.243 e. The number of rotatable bonds is 7. The standard InChI is InChI=1S/C12H18N4O2S/c1-3-9-16(10-4-2)19(17,18)12-7-5-11(6-8-12)14-15-13/h5-8H,3-4,9-10H2,1-2H3. The van der Waals surface area contributed by atoms with Gasteiger partial charge in [-0.15, -0.1) is 0 Å². The van der Waals surface area contributed by atoms with Crippen LogP contribution in [0, 0.1) is 0 Å². The summed E-state index contributed by atoms with van der Waals surface area (Å²) in [5, 5.41) is 3.42. The first-order valence-electron chi connectivity index (χ1n) is 6.21. The third kappa shape index (κ3) is 3.96. The Kier molecular flexibility index (Phi) is 5.82. The molecule has 0 unspecified atom stereocenters. The van der Waals surface area contributed by atoms with Crippen LogP contribution in [-0.4, -0.2) is 25.8 Å². The minimum absolute atomic E-state index is 0.228. The van der Waals surface area contributed by atoms with Gasteiger partial charge in [0.05, 0.1) is 4.90 Å². The lowest BCUT2D eigenvalue weighted by Gasteiger charge is -2.20. The van der Waals surface area contributed by atoms with Crippen LogP contribution in [0.25, 0.3) is 10.4 Å². The van der Waals surface area contributed by atoms with Gasteiger partial charge < -0.3 is 0 Å². The molecular formula is C12H18N4O2S. The van der Waals surface area contributed by atoms with E-state index < -0.39 is 10.0 Å². The van der Waals surface area contributed by atoms with Crippen LogP contribution in [0.1, 0.15) is 26.7 Å². The Morgan fingerprint density at radius 3 is 2.11 bits per heavy atom. The molecule has 0 fully saturated rings. The molecular weight excluding hydrogens is 264 g/mol. The van der Waals surface area contributed by atoms with Gasteiger partial charge in [-0.3, -0.25) is 0 Å². The molecule has 0 saturated heterocycles. The lowest BCUT2D eigenvalue weighted by Crippen LogP contribution is -2.32. The van der Waals surface area contributed by atoms with Gasteiger partial charge in [-0.2, -0.15) is 4.31 Å². The summed E-state index contributed by atoms with van der Waals surface area (Å²) in [5.41, 5.74) is 8.71. The molecule has 0 heterocycles. The molecule has 1 rings (SSSR count). The number of sulfonamides is 1. The zero-order valence-corrected chi connectivity index (χ0v) is 12.0. The van der Waals surface area contributed by atoms with E-state index in [4.69, 9.17) is 5.53 Å². The molecule has 1 aromatic rings. The highest BCUT2D eigenvalue weighted by atomic mass is 32.2. The zero-order chi connectivity index (χ0) is 14.3. The predicted molar refractivity (Wildman–Crippen MR) is 74.6 cm³/mol. The summed E-state index contributed by atoms with van der Waals surface area (Å²) in [5.74, 6) is 0. The second kappa shape index (κ2) is 7.13. The molecule has 0 bridgehead atoms. The monoisotopic (exact) mass is 282 g/mol. The SMILES string of the molecule is CCCN(CCC)S(=O)(=O)c1ccc(N=[N+]=[N-])cc1. The van der Waals surface area contributed by atoms with Crippen LogP contribution in [0.3, 0.4) is 0 Å². The van der Waals surface area contributed by atoms with Gasteiger partial charge in [0.15, 0.2) is 0 Å². The molecule has 0 aliphatic carbocycles. The second-order valence-electron chi connectivity index (χ2n) is 4.09. The van der Waals surface area contributed by atoms with Crippen LogP contribution in [0.2, 0.25) is 0 Å². The Morgan fingerprint density at radius 2 is 1.68 bits per heavy atom. The van der Waals surface area contributed by atoms with Crippen molar-refractivity contribution in [2.24, 2.45) is 5.11 Å². The van der Waals surface area contributed by atoms with Crippen LogP contribution < -0.4 is 0 Å². The van der Waals surface area contributed by atoms with Crippen molar-refractivity contribution in [1.82, 2.24) is 4.31 Å². The van der Waals surface area contributed by atoms with E-state index in [9.17, 15) is 8.42 Å². The van der Waals surface area contributed by atoms with Crippen molar-refractivity contribution < 1.29 is 8.42 Å². The number of azide groups is 1. The number of benzene rings is 1. The highest BCUT2D eigenvalue weighted by molar-refractivity contribution is 7.89. The van der Waals surface area contributed by atoms with E-state index in [-0.39, 0.29) is 4.90 Å². The maximum absolute atomic E-state index is 12.4. The number of nitrogens with zero attached hydrogens (tertiary/aromatic N) is 4. The summed E-state index contributed by atoms with van der Waals surface area (Å²) in [6.45, 7) is 4.91. The average Bonchev–Trinajstić information content (AvgIpc) is 2.39. The van der Waals surface area contributed by atoms with Crippen LogP contribution >= 0.6 is 0 Å². The van der Waals surface area contributed by atoms with Crippen molar-refractivity contribution in [3.8, 4) is 0 Å². The van der Waals surface area contributed by atoms with Gasteiger partial charge in [-0.1, -0.05) is 31.1 Å². The summed E-state index contributed by atoms with van der Waals surface area (Å²) < 4.78 is 26.3. The van der Waals surface area contributed by atoms with Gasteiger partial charge in [-0.05, 0) is 30.5 Å². The smallest absolute Gasteiger partial charge is 0.207 e. The molecule has 0 aliphatic heterocycles. The third-order valence-corrected chi connectivity index (χ3v) is 4.49. The van der Waals surface area contributed by atoms with Crippen molar-refractivity contribution in [2.45, 2.75) is 31.6 Å². The molecule has 104 valence electrons. The molecule has 0 spiro atoms. The normalized spacial score (nSPS) is 11.3. The molecule has 0 atom stereocenters. The van der Waals surface area contributed by atoms with E-state index in [1.165, 1.54) is 28.6 Å². The van der Waals surface area contributed by atoms with E-state index in [1.807, 2.05) is 13.8 Å². The largest absolute Gasteiger partial charge is 0.243 e. The van der Waals surface area contributed by atoms with Gasteiger partial charge in [0.25, 0.3) is 0 Å². The van der Waals surface area contributed by atoms with Gasteiger partial charge in [0.1, 0.15) is 0 Å². The van der Waals surface area contributed by atoms with E-state index in [0.29, 0.717) is 18.8 Å². The molecule has 19 heavy (non-hydrogen) atoms. The number of hydrogen-bond donors (Lipinski definition) is 0. The van der Waals surface area contributed by atoms with Crippen molar-refractivity contribution in [2.75, 3.05) is 13.1 Å². The fourth-order valence-electron chi connectivity index (χ4n) is 1.74. The topological polar surface area (TPSA) is 86.1 Å². The van der Waals surface area contributed by atoms with Crippen LogP contribution in [0.15, 0.2) is 34.3 Å². The summed E-state index contributed by atoms with van der Waals surface area (Å²) in [6.07, 6.45) is 1.55. The maximum atomic E-state index is 12.4. The fourth-order valence-corrected chi connectivity index (χ4v) is 3.36. The molecule has 6 nitrogen and oxygen atoms in total. The molecule has 0 radical (unpaired) electrons. The molecule has 0 aliphatic rings. The first-order chi connectivity index (χ1) is 9.06. The Hall–Kier alpha value is -1.56. The van der Waals surface area contributed by atoms with E-state index >= 15 is 0 Å². The highest BCUT2D eigenvalue weighted by Crippen LogP contribution is 2.20. The lowest BCUT2D eigenvalue weighted by molar-refractivity contribution is 0.410. The van der Waals surface area contributed by atoms with E-state index in [0.717, 1.165) is 12.8 Å². The van der Waals surface area contributed by atoms with Gasteiger partial charge >= 0.3 is 0 Å². The summed E-state index contributed by atoms with van der Waals surface area (Å²) >= 11 is 0. The molecule has 0 aromatic heterocycles. The first-order valence-corrected chi connectivity index (χ1v) is 7.65. The summed E-state index contributed by atoms with van der Waals surface area (Å²) in [4.78, 5) is 2.88. The average molecular weight is 282 g/mol. The molecule has 1 aromatic carbocycles. The van der Waals surface area contributed by atoms with Crippen LogP contribution in [0.4, 0.5) is 5.69 Å². The van der Waals surface area contributed by atoms with Crippen LogP contribution in [0.5, 0.6) is 0 Å². The van der Waals surface area contributed by atoms with E-state index in [1.54, 1.807) is 0 Å². The molecule has 7 heteroatoms. The van der Waals surface area contributed by atoms with Crippen molar-refractivity contribution in [3.63, 3.8) is 0 Å². The quantitative estimate of drug-likeness (QED) is 0.435. The zero-order valence-electron chi connectivity index (χ0n) is 11.2. The Balaban J connectivity index is 3.06. The third-order valence-electron chi connectivity index (χ3n) is 2.58. The van der Waals surface area contributed by atoms with E-state index in [2.05, 4.69) is 10.0 Å². The van der Waals surface area contributed by atoms with Crippen molar-refractivity contribution in [1.29, 1.82) is 0 Å². The fraction of sp³-hybridized carbons (Fsp3) is 0.500. The minimum Gasteiger partial charge on any atom is -0.207 e. The van der Waals surface area contributed by atoms with Gasteiger partial charge in [0.2, 0.25) is 10.0 Å². The Labute approximate surface area is 113 Å². The minimum atomic E-state index is -3.46. The predicted octanol–water partition coefficient (Wildman–Crippen LogP) is 3.44. The van der Waals surface area contributed by atoms with Gasteiger partial charge in [-0.25, -0.2) is 8.42 Å². The second-order valence-corrected chi connectivity index (χ2v) is 6.03. The van der Waals surface area contributed by atoms with Gasteiger partial charge in [0, 0.05) is 23.7 Å². The summed E-state index contributed by atoms with van der Waals surface area (Å²) in [6, 6.07) is 5.95. The Bertz CT molecular complexity index is 542. The molecule has 0 N–H and O–H groups in total.